The van der Waals surface area contributed by atoms with Gasteiger partial charge >= 0.3 is 0 Å². The van der Waals surface area contributed by atoms with Crippen LogP contribution in [0.15, 0.2) is 71.8 Å². The second-order valence-corrected chi connectivity index (χ2v) is 8.96. The number of hydrogen-bond acceptors (Lipinski definition) is 5. The van der Waals surface area contributed by atoms with Crippen LogP contribution in [0.3, 0.4) is 0 Å². The predicted molar refractivity (Wildman–Crippen MR) is 135 cm³/mol. The number of ether oxygens (including phenoxy) is 3. The Morgan fingerprint density at radius 1 is 0.971 bits per heavy atom. The highest BCUT2D eigenvalue weighted by molar-refractivity contribution is 6.30. The first-order valence-electron chi connectivity index (χ1n) is 11.9. The van der Waals surface area contributed by atoms with Crippen LogP contribution >= 0.6 is 11.6 Å². The van der Waals surface area contributed by atoms with E-state index in [1.807, 2.05) is 49.4 Å². The lowest BCUT2D eigenvalue weighted by Gasteiger charge is -2.38. The van der Waals surface area contributed by atoms with Crippen molar-refractivity contribution >= 4 is 17.3 Å². The van der Waals surface area contributed by atoms with Gasteiger partial charge in [0.05, 0.1) is 25.0 Å². The largest absolute Gasteiger partial charge is 0.494 e. The van der Waals surface area contributed by atoms with E-state index in [9.17, 15) is 0 Å². The molecule has 2 heterocycles. The van der Waals surface area contributed by atoms with Crippen molar-refractivity contribution in [3.05, 3.63) is 88.4 Å². The topological polar surface area (TPSA) is 43.3 Å². The maximum atomic E-state index is 6.46. The van der Waals surface area contributed by atoms with E-state index in [1.165, 1.54) is 0 Å². The van der Waals surface area contributed by atoms with Crippen molar-refractivity contribution in [3.8, 4) is 17.2 Å². The van der Waals surface area contributed by atoms with E-state index in [4.69, 9.17) is 30.9 Å². The minimum absolute atomic E-state index is 0.0505. The highest BCUT2D eigenvalue weighted by Gasteiger charge is 2.41. The molecule has 0 saturated heterocycles. The molecule has 2 aliphatic heterocycles. The average molecular weight is 477 g/mol. The predicted octanol–water partition coefficient (Wildman–Crippen LogP) is 7.16. The van der Waals surface area contributed by atoms with Crippen molar-refractivity contribution < 1.29 is 14.2 Å². The van der Waals surface area contributed by atoms with Crippen molar-refractivity contribution in [1.29, 1.82) is 0 Å². The molecule has 2 aliphatic rings. The van der Waals surface area contributed by atoms with Gasteiger partial charge in [-0.05, 0) is 85.6 Å². The van der Waals surface area contributed by atoms with Gasteiger partial charge in [-0.2, -0.15) is 5.10 Å². The van der Waals surface area contributed by atoms with Crippen LogP contribution in [0.5, 0.6) is 17.2 Å². The molecule has 6 heteroatoms. The second kappa shape index (κ2) is 9.98. The summed E-state index contributed by atoms with van der Waals surface area (Å²) in [5, 5.41) is 7.80. The SMILES string of the molecule is CCCCOc1ccc([C@@H]2Oc3ccc(Cl)cc3[C@H]3CC(c4ccc(OCC)cc4)=NN32)cc1. The molecule has 0 fully saturated rings. The summed E-state index contributed by atoms with van der Waals surface area (Å²) in [5.74, 6) is 2.58. The van der Waals surface area contributed by atoms with Crippen LogP contribution in [-0.2, 0) is 0 Å². The first kappa shape index (κ1) is 22.6. The smallest absolute Gasteiger partial charge is 0.213 e. The number of nitrogens with zero attached hydrogens (tertiary/aromatic N) is 2. The summed E-state index contributed by atoms with van der Waals surface area (Å²) >= 11 is 6.35. The fourth-order valence-corrected chi connectivity index (χ4v) is 4.61. The van der Waals surface area contributed by atoms with Crippen LogP contribution < -0.4 is 14.2 Å². The van der Waals surface area contributed by atoms with Gasteiger partial charge < -0.3 is 14.2 Å². The molecule has 0 saturated carbocycles. The highest BCUT2D eigenvalue weighted by atomic mass is 35.5. The van der Waals surface area contributed by atoms with E-state index >= 15 is 0 Å². The van der Waals surface area contributed by atoms with Gasteiger partial charge in [0.15, 0.2) is 0 Å². The van der Waals surface area contributed by atoms with Crippen LogP contribution in [0.25, 0.3) is 0 Å². The minimum Gasteiger partial charge on any atom is -0.494 e. The highest BCUT2D eigenvalue weighted by Crippen LogP contribution is 2.48. The molecule has 0 spiro atoms. The Morgan fingerprint density at radius 2 is 1.71 bits per heavy atom. The molecule has 0 amide bonds. The van der Waals surface area contributed by atoms with Crippen LogP contribution in [0, 0.1) is 0 Å². The molecule has 0 bridgehead atoms. The van der Waals surface area contributed by atoms with Gasteiger partial charge in [-0.15, -0.1) is 0 Å². The van der Waals surface area contributed by atoms with E-state index in [1.54, 1.807) is 0 Å². The van der Waals surface area contributed by atoms with Crippen LogP contribution in [0.4, 0.5) is 0 Å². The third-order valence-corrected chi connectivity index (χ3v) is 6.42. The summed E-state index contributed by atoms with van der Waals surface area (Å²) < 4.78 is 17.9. The first-order chi connectivity index (χ1) is 16.7. The number of unbranched alkanes of at least 4 members (excludes halogenated alkanes) is 1. The summed E-state index contributed by atoms with van der Waals surface area (Å²) in [4.78, 5) is 0. The molecule has 0 radical (unpaired) electrons. The maximum Gasteiger partial charge on any atom is 0.213 e. The second-order valence-electron chi connectivity index (χ2n) is 8.53. The van der Waals surface area contributed by atoms with Crippen molar-refractivity contribution in [1.82, 2.24) is 5.01 Å². The summed E-state index contributed by atoms with van der Waals surface area (Å²) in [6, 6.07) is 22.1. The van der Waals surface area contributed by atoms with E-state index in [-0.39, 0.29) is 12.3 Å². The zero-order valence-electron chi connectivity index (χ0n) is 19.5. The van der Waals surface area contributed by atoms with E-state index < -0.39 is 0 Å². The summed E-state index contributed by atoms with van der Waals surface area (Å²) in [6.07, 6.45) is 2.61. The minimum atomic E-state index is -0.330. The molecule has 0 unspecified atom stereocenters. The lowest BCUT2D eigenvalue weighted by atomic mass is 9.96. The molecule has 176 valence electrons. The fourth-order valence-electron chi connectivity index (χ4n) is 4.43. The van der Waals surface area contributed by atoms with Gasteiger partial charge in [-0.25, -0.2) is 5.01 Å². The standard InChI is InChI=1S/C28H29ClN2O3/c1-3-5-16-33-23-13-8-20(9-14-23)28-31-26(24-17-21(29)10-15-27(24)34-28)18-25(30-31)19-6-11-22(12-7-19)32-4-2/h6-15,17,26,28H,3-5,16,18H2,1-2H3/t26-,28+/m1/s1. The molecule has 0 aromatic heterocycles. The van der Waals surface area contributed by atoms with Gasteiger partial charge in [-0.3, -0.25) is 0 Å². The normalized spacial score (nSPS) is 18.6. The zero-order valence-corrected chi connectivity index (χ0v) is 20.3. The van der Waals surface area contributed by atoms with Crippen LogP contribution in [0.2, 0.25) is 5.02 Å². The van der Waals surface area contributed by atoms with E-state index in [2.05, 4.69) is 36.2 Å². The molecular formula is C28H29ClN2O3. The van der Waals surface area contributed by atoms with Gasteiger partial charge in [0.2, 0.25) is 6.23 Å². The molecule has 2 atom stereocenters. The number of benzene rings is 3. The number of fused-ring (bicyclic) bond motifs is 3. The third-order valence-electron chi connectivity index (χ3n) is 6.18. The Kier molecular flexibility index (Phi) is 6.63. The number of rotatable bonds is 8. The molecule has 0 aliphatic carbocycles. The lowest BCUT2D eigenvalue weighted by Crippen LogP contribution is -2.33. The monoisotopic (exact) mass is 476 g/mol. The molecule has 3 aromatic rings. The quantitative estimate of drug-likeness (QED) is 0.323. The van der Waals surface area contributed by atoms with Gasteiger partial charge in [0.1, 0.15) is 17.2 Å². The Labute approximate surface area is 205 Å². The number of hydrogen-bond donors (Lipinski definition) is 0. The van der Waals surface area contributed by atoms with Crippen molar-refractivity contribution in [2.75, 3.05) is 13.2 Å². The fraction of sp³-hybridized carbons (Fsp3) is 0.321. The summed E-state index contributed by atoms with van der Waals surface area (Å²) in [5.41, 5.74) is 4.20. The van der Waals surface area contributed by atoms with Crippen molar-refractivity contribution in [2.45, 2.75) is 45.4 Å². The Balaban J connectivity index is 1.45. The first-order valence-corrected chi connectivity index (χ1v) is 12.3. The van der Waals surface area contributed by atoms with Gasteiger partial charge in [-0.1, -0.05) is 24.9 Å². The summed E-state index contributed by atoms with van der Waals surface area (Å²) in [6.45, 7) is 5.52. The maximum absolute atomic E-state index is 6.46. The lowest BCUT2D eigenvalue weighted by molar-refractivity contribution is -0.0190. The van der Waals surface area contributed by atoms with E-state index in [0.717, 1.165) is 65.5 Å². The van der Waals surface area contributed by atoms with Crippen molar-refractivity contribution in [2.24, 2.45) is 5.10 Å². The average Bonchev–Trinajstić information content (AvgIpc) is 3.31. The number of hydrazone groups is 1. The van der Waals surface area contributed by atoms with Gasteiger partial charge in [0.25, 0.3) is 0 Å². The van der Waals surface area contributed by atoms with Gasteiger partial charge in [0, 0.05) is 22.6 Å². The van der Waals surface area contributed by atoms with E-state index in [0.29, 0.717) is 11.6 Å². The Morgan fingerprint density at radius 3 is 2.44 bits per heavy atom. The Hall–Kier alpha value is -3.18. The summed E-state index contributed by atoms with van der Waals surface area (Å²) in [7, 11) is 0. The van der Waals surface area contributed by atoms with Crippen LogP contribution in [-0.4, -0.2) is 23.9 Å². The van der Waals surface area contributed by atoms with Crippen molar-refractivity contribution in [3.63, 3.8) is 0 Å². The van der Waals surface area contributed by atoms with Crippen LogP contribution in [0.1, 0.15) is 62.1 Å². The Bertz CT molecular complexity index is 1160. The number of halogens is 1. The molecule has 0 N–H and O–H groups in total. The molecule has 5 nitrogen and oxygen atoms in total. The molecule has 34 heavy (non-hydrogen) atoms. The molecule has 3 aromatic carbocycles. The molecular weight excluding hydrogens is 448 g/mol. The molecule has 5 rings (SSSR count). The third kappa shape index (κ3) is 4.58. The zero-order chi connectivity index (χ0) is 23.5.